The maximum atomic E-state index is 6.04. The van der Waals surface area contributed by atoms with E-state index in [1.54, 1.807) is 17.5 Å². The van der Waals surface area contributed by atoms with Crippen molar-refractivity contribution in [3.8, 4) is 39.0 Å². The molecule has 5 rings (SSSR count). The second-order valence-electron chi connectivity index (χ2n) is 7.96. The van der Waals surface area contributed by atoms with E-state index in [2.05, 4.69) is 53.2 Å². The lowest BCUT2D eigenvalue weighted by molar-refractivity contribution is 0.327. The summed E-state index contributed by atoms with van der Waals surface area (Å²) in [5.74, 6) is 1.79. The van der Waals surface area contributed by atoms with Crippen molar-refractivity contribution in [3.63, 3.8) is 0 Å². The second-order valence-corrected chi connectivity index (χ2v) is 9.05. The van der Waals surface area contributed by atoms with Gasteiger partial charge in [-0.1, -0.05) is 6.07 Å². The Labute approximate surface area is 171 Å². The summed E-state index contributed by atoms with van der Waals surface area (Å²) in [5.41, 5.74) is 9.67. The zero-order chi connectivity index (χ0) is 20.2. The van der Waals surface area contributed by atoms with E-state index < -0.39 is 0 Å². The number of fused-ring (bicyclic) bond motifs is 3. The van der Waals surface area contributed by atoms with E-state index in [1.165, 1.54) is 4.88 Å². The van der Waals surface area contributed by atoms with E-state index in [0.717, 1.165) is 39.6 Å². The van der Waals surface area contributed by atoms with Crippen LogP contribution in [0.2, 0.25) is 0 Å². The minimum atomic E-state index is -0.246. The van der Waals surface area contributed by atoms with Gasteiger partial charge in [-0.3, -0.25) is 5.10 Å². The van der Waals surface area contributed by atoms with Gasteiger partial charge in [0.05, 0.1) is 24.0 Å². The molecule has 0 spiro atoms. The summed E-state index contributed by atoms with van der Waals surface area (Å²) in [4.78, 5) is 10.6. The fourth-order valence-electron chi connectivity index (χ4n) is 3.44. The van der Waals surface area contributed by atoms with Crippen LogP contribution in [-0.2, 0) is 12.0 Å². The molecule has 148 valence electrons. The lowest BCUT2D eigenvalue weighted by atomic mass is 10.0. The largest absolute Gasteiger partial charge is 0.492 e. The molecule has 0 saturated carbocycles. The Kier molecular flexibility index (Phi) is 3.95. The van der Waals surface area contributed by atoms with Gasteiger partial charge in [-0.15, -0.1) is 16.4 Å². The van der Waals surface area contributed by atoms with Crippen LogP contribution < -0.4 is 10.5 Å². The third-order valence-electron chi connectivity index (χ3n) is 4.80. The van der Waals surface area contributed by atoms with Gasteiger partial charge < -0.3 is 10.5 Å². The zero-order valence-corrected chi connectivity index (χ0v) is 17.2. The number of H-pyrrole nitrogens is 1. The number of nitrogens with one attached hydrogen (secondary N) is 1. The molecule has 4 heterocycles. The molecule has 3 N–H and O–H groups in total. The van der Waals surface area contributed by atoms with Gasteiger partial charge in [0.15, 0.2) is 10.8 Å². The van der Waals surface area contributed by atoms with Crippen LogP contribution in [0.3, 0.4) is 0 Å². The Bertz CT molecular complexity index is 1180. The molecular formula is C20H21N7OS. The summed E-state index contributed by atoms with van der Waals surface area (Å²) in [6, 6.07) is 6.18. The number of aromatic nitrogens is 6. The maximum Gasteiger partial charge on any atom is 0.240 e. The van der Waals surface area contributed by atoms with Crippen molar-refractivity contribution in [2.45, 2.75) is 32.7 Å². The number of hydrogen-bond acceptors (Lipinski definition) is 7. The average Bonchev–Trinajstić information content (AvgIpc) is 3.39. The highest BCUT2D eigenvalue weighted by Gasteiger charge is 2.27. The number of ether oxygens (including phenoxy) is 1. The number of aromatic amines is 1. The fourth-order valence-corrected chi connectivity index (χ4v) is 4.47. The molecule has 9 heteroatoms. The summed E-state index contributed by atoms with van der Waals surface area (Å²) in [6.07, 6.45) is 4.46. The molecule has 1 aromatic carbocycles. The molecule has 0 radical (unpaired) electrons. The zero-order valence-electron chi connectivity index (χ0n) is 16.4. The Balaban J connectivity index is 1.62. The number of nitrogens with two attached hydrogens (primary N) is 1. The van der Waals surface area contributed by atoms with E-state index in [0.29, 0.717) is 12.4 Å². The van der Waals surface area contributed by atoms with Crippen LogP contribution in [0.25, 0.3) is 33.2 Å². The molecule has 1 aliphatic heterocycles. The van der Waals surface area contributed by atoms with E-state index in [4.69, 9.17) is 15.5 Å². The summed E-state index contributed by atoms with van der Waals surface area (Å²) in [7, 11) is 0. The van der Waals surface area contributed by atoms with Crippen LogP contribution in [0, 0.1) is 0 Å². The number of benzene rings is 1. The summed E-state index contributed by atoms with van der Waals surface area (Å²) < 4.78 is 7.89. The van der Waals surface area contributed by atoms with Crippen LogP contribution in [0.4, 0.5) is 5.95 Å². The number of thiazole rings is 1. The Hall–Kier alpha value is -3.20. The van der Waals surface area contributed by atoms with Crippen molar-refractivity contribution in [2.75, 3.05) is 12.3 Å². The monoisotopic (exact) mass is 407 g/mol. The molecule has 0 amide bonds. The lowest BCUT2D eigenvalue weighted by Gasteiger charge is -2.20. The first kappa shape index (κ1) is 17.9. The first-order chi connectivity index (χ1) is 13.9. The Morgan fingerprint density at radius 1 is 1.21 bits per heavy atom. The highest BCUT2D eigenvalue weighted by atomic mass is 32.1. The van der Waals surface area contributed by atoms with Crippen molar-refractivity contribution < 1.29 is 4.74 Å². The molecule has 0 saturated heterocycles. The highest BCUT2D eigenvalue weighted by Crippen LogP contribution is 2.42. The molecular weight excluding hydrogens is 386 g/mol. The van der Waals surface area contributed by atoms with E-state index in [1.807, 2.05) is 16.9 Å². The van der Waals surface area contributed by atoms with Gasteiger partial charge in [-0.2, -0.15) is 10.1 Å². The Morgan fingerprint density at radius 2 is 2.07 bits per heavy atom. The molecule has 0 aliphatic carbocycles. The van der Waals surface area contributed by atoms with Gasteiger partial charge >= 0.3 is 0 Å². The topological polar surface area (TPSA) is 108 Å². The number of nitrogens with zero attached hydrogens (tertiary/aromatic N) is 5. The lowest BCUT2D eigenvalue weighted by Crippen LogP contribution is -2.24. The molecule has 0 bridgehead atoms. The van der Waals surface area contributed by atoms with Crippen molar-refractivity contribution >= 4 is 17.3 Å². The smallest absolute Gasteiger partial charge is 0.240 e. The van der Waals surface area contributed by atoms with Gasteiger partial charge in [0.2, 0.25) is 5.95 Å². The molecule has 0 fully saturated rings. The predicted molar refractivity (Wildman–Crippen MR) is 113 cm³/mol. The standard InChI is InChI=1S/C20H21N7OS/c1-20(2,3)27-17(25-19(21)26-27)18-24-16-13-5-4-11(12-9-22-23-10-12)8-14(13)28-7-6-15(16)29-18/h4-5,8-10H,6-7H2,1-3H3,(H2,21,26)(H,22,23). The minimum absolute atomic E-state index is 0.246. The van der Waals surface area contributed by atoms with Crippen LogP contribution in [0.15, 0.2) is 30.6 Å². The van der Waals surface area contributed by atoms with Gasteiger partial charge in [0, 0.05) is 28.6 Å². The molecule has 4 aromatic rings. The van der Waals surface area contributed by atoms with Gasteiger partial charge in [-0.05, 0) is 38.5 Å². The van der Waals surface area contributed by atoms with Crippen molar-refractivity contribution in [1.29, 1.82) is 0 Å². The second kappa shape index (κ2) is 6.41. The third kappa shape index (κ3) is 3.07. The number of hydrogen-bond donors (Lipinski definition) is 2. The van der Waals surface area contributed by atoms with Crippen molar-refractivity contribution in [3.05, 3.63) is 35.5 Å². The summed E-state index contributed by atoms with van der Waals surface area (Å²) in [6.45, 7) is 6.82. The molecule has 29 heavy (non-hydrogen) atoms. The third-order valence-corrected chi connectivity index (χ3v) is 5.91. The fraction of sp³-hybridized carbons (Fsp3) is 0.300. The first-order valence-electron chi connectivity index (χ1n) is 9.39. The summed E-state index contributed by atoms with van der Waals surface area (Å²) >= 11 is 1.63. The van der Waals surface area contributed by atoms with E-state index in [-0.39, 0.29) is 11.5 Å². The van der Waals surface area contributed by atoms with Crippen LogP contribution in [0.1, 0.15) is 25.6 Å². The first-order valence-corrected chi connectivity index (χ1v) is 10.2. The minimum Gasteiger partial charge on any atom is -0.492 e. The van der Waals surface area contributed by atoms with Crippen molar-refractivity contribution in [2.24, 2.45) is 0 Å². The van der Waals surface area contributed by atoms with Gasteiger partial charge in [0.25, 0.3) is 0 Å². The molecule has 0 atom stereocenters. The molecule has 0 unspecified atom stereocenters. The van der Waals surface area contributed by atoms with E-state index >= 15 is 0 Å². The van der Waals surface area contributed by atoms with Crippen LogP contribution >= 0.6 is 11.3 Å². The van der Waals surface area contributed by atoms with Gasteiger partial charge in [-0.25, -0.2) is 9.67 Å². The number of nitrogen functional groups attached to an aromatic ring is 1. The van der Waals surface area contributed by atoms with Crippen molar-refractivity contribution in [1.82, 2.24) is 29.9 Å². The number of rotatable bonds is 2. The predicted octanol–water partition coefficient (Wildman–Crippen LogP) is 3.73. The SMILES string of the molecule is CC(C)(C)n1nc(N)nc1-c1nc2c(s1)CCOc1cc(-c3cn[nH]c3)ccc1-2. The summed E-state index contributed by atoms with van der Waals surface area (Å²) in [5, 5.41) is 12.1. The molecule has 8 nitrogen and oxygen atoms in total. The number of anilines is 1. The molecule has 3 aromatic heterocycles. The normalized spacial score (nSPS) is 13.5. The van der Waals surface area contributed by atoms with Crippen LogP contribution in [0.5, 0.6) is 5.75 Å². The van der Waals surface area contributed by atoms with E-state index in [9.17, 15) is 0 Å². The average molecular weight is 408 g/mol. The Morgan fingerprint density at radius 3 is 2.83 bits per heavy atom. The maximum absolute atomic E-state index is 6.04. The highest BCUT2D eigenvalue weighted by molar-refractivity contribution is 7.15. The van der Waals surface area contributed by atoms with Gasteiger partial charge in [0.1, 0.15) is 5.75 Å². The molecule has 1 aliphatic rings. The van der Waals surface area contributed by atoms with Crippen LogP contribution in [-0.4, -0.2) is 36.6 Å². The quantitative estimate of drug-likeness (QED) is 0.524.